The largest absolute Gasteiger partial charge is 0.480 e. The first kappa shape index (κ1) is 27.7. The van der Waals surface area contributed by atoms with E-state index in [-0.39, 0.29) is 17.7 Å². The molecule has 0 fully saturated rings. The minimum absolute atomic E-state index is 0.0428. The third-order valence-corrected chi connectivity index (χ3v) is 6.77. The molecule has 0 unspecified atom stereocenters. The van der Waals surface area contributed by atoms with Gasteiger partial charge in [-0.2, -0.15) is 18.3 Å². The molecule has 2 heterocycles. The lowest BCUT2D eigenvalue weighted by Gasteiger charge is -2.13. The number of amides is 1. The van der Waals surface area contributed by atoms with Gasteiger partial charge in [-0.25, -0.2) is 9.48 Å². The molecule has 2 aromatic heterocycles. The summed E-state index contributed by atoms with van der Waals surface area (Å²) in [5, 5.41) is 17.1. The Morgan fingerprint density at radius 1 is 1.07 bits per heavy atom. The Kier molecular flexibility index (Phi) is 7.67. The predicted octanol–water partition coefficient (Wildman–Crippen LogP) is 6.52. The molecule has 3 N–H and O–H groups in total. The lowest BCUT2D eigenvalue weighted by Crippen LogP contribution is -2.41. The van der Waals surface area contributed by atoms with Gasteiger partial charge in [-0.3, -0.25) is 4.79 Å². The number of hydrogen-bond donors (Lipinski definition) is 3. The first-order valence-corrected chi connectivity index (χ1v) is 12.8. The number of para-hydroxylation sites is 2. The summed E-state index contributed by atoms with van der Waals surface area (Å²) >= 11 is 5.81. The fourth-order valence-electron chi connectivity index (χ4n) is 4.44. The number of nitrogens with zero attached hydrogens (tertiary/aromatic N) is 2. The van der Waals surface area contributed by atoms with Gasteiger partial charge in [-0.15, -0.1) is 0 Å². The molecule has 1 atom stereocenters. The van der Waals surface area contributed by atoms with Crippen LogP contribution in [0.1, 0.15) is 16.7 Å². The molecule has 0 bridgehead atoms. The smallest absolute Gasteiger partial charge is 0.417 e. The van der Waals surface area contributed by atoms with Crippen LogP contribution in [0, 0.1) is 0 Å². The molecule has 0 radical (unpaired) electrons. The molecule has 1 amide bonds. The molecular formula is C30H22ClF3N4O3. The van der Waals surface area contributed by atoms with Gasteiger partial charge < -0.3 is 15.4 Å². The number of carbonyl (C=O) groups is 2. The molecule has 0 saturated carbocycles. The highest BCUT2D eigenvalue weighted by Crippen LogP contribution is 2.38. The fourth-order valence-corrected chi connectivity index (χ4v) is 4.67. The van der Waals surface area contributed by atoms with Gasteiger partial charge in [-0.1, -0.05) is 54.1 Å². The summed E-state index contributed by atoms with van der Waals surface area (Å²) in [5.74, 6) is -1.90. The van der Waals surface area contributed by atoms with Crippen LogP contribution in [-0.2, 0) is 22.2 Å². The minimum Gasteiger partial charge on any atom is -0.480 e. The van der Waals surface area contributed by atoms with E-state index in [1.54, 1.807) is 36.7 Å². The Balaban J connectivity index is 1.44. The number of aromatic nitrogens is 3. The molecule has 7 nitrogen and oxygen atoms in total. The molecule has 0 aliphatic carbocycles. The third-order valence-electron chi connectivity index (χ3n) is 6.44. The second-order valence-electron chi connectivity index (χ2n) is 9.20. The van der Waals surface area contributed by atoms with E-state index < -0.39 is 34.7 Å². The molecule has 0 spiro atoms. The second kappa shape index (κ2) is 11.3. The van der Waals surface area contributed by atoms with Crippen molar-refractivity contribution in [1.82, 2.24) is 20.1 Å². The van der Waals surface area contributed by atoms with Crippen molar-refractivity contribution in [1.29, 1.82) is 0 Å². The van der Waals surface area contributed by atoms with E-state index in [4.69, 9.17) is 11.6 Å². The average Bonchev–Trinajstić information content (AvgIpc) is 3.56. The number of H-pyrrole nitrogens is 1. The number of carbonyl (C=O) groups excluding carboxylic acids is 1. The first-order chi connectivity index (χ1) is 19.6. The van der Waals surface area contributed by atoms with Crippen LogP contribution in [0.2, 0.25) is 5.02 Å². The first-order valence-electron chi connectivity index (χ1n) is 12.4. The number of aromatic amines is 1. The summed E-state index contributed by atoms with van der Waals surface area (Å²) in [4.78, 5) is 27.8. The maximum absolute atomic E-state index is 13.6. The van der Waals surface area contributed by atoms with Crippen LogP contribution in [0.4, 0.5) is 13.2 Å². The van der Waals surface area contributed by atoms with Crippen molar-refractivity contribution in [2.45, 2.75) is 18.6 Å². The standard InChI is InChI=1S/C30H22ClF3N4O3/c31-24-12-10-18(14-23(24)30(32,33)34)28-19(17-38(37-28)21-6-2-1-3-7-21)11-13-27(39)36-26(29(40)41)15-20-16-35-25-9-5-4-8-22(20)25/h1-14,16-17,26,35H,15H2,(H,36,39)(H,40,41)/t26-/m0/s1. The molecule has 5 aromatic rings. The number of benzene rings is 3. The van der Waals surface area contributed by atoms with Crippen molar-refractivity contribution >= 4 is 40.5 Å². The van der Waals surface area contributed by atoms with E-state index in [1.165, 1.54) is 16.8 Å². The zero-order chi connectivity index (χ0) is 29.1. The summed E-state index contributed by atoms with van der Waals surface area (Å²) in [5.41, 5.74) is 1.85. The van der Waals surface area contributed by atoms with Gasteiger partial charge in [0.25, 0.3) is 0 Å². The van der Waals surface area contributed by atoms with Crippen molar-refractivity contribution in [2.75, 3.05) is 0 Å². The van der Waals surface area contributed by atoms with Gasteiger partial charge in [0.2, 0.25) is 5.91 Å². The summed E-state index contributed by atoms with van der Waals surface area (Å²) < 4.78 is 42.1. The molecule has 0 aliphatic rings. The third kappa shape index (κ3) is 6.17. The van der Waals surface area contributed by atoms with Crippen LogP contribution in [-0.4, -0.2) is 37.8 Å². The zero-order valence-corrected chi connectivity index (χ0v) is 21.9. The average molecular weight is 579 g/mol. The van der Waals surface area contributed by atoms with Crippen LogP contribution in [0.5, 0.6) is 0 Å². The summed E-state index contributed by atoms with van der Waals surface area (Å²) in [6.07, 6.45) is 1.14. The van der Waals surface area contributed by atoms with Gasteiger partial charge >= 0.3 is 12.1 Å². The Labute approximate surface area is 236 Å². The van der Waals surface area contributed by atoms with Crippen molar-refractivity contribution < 1.29 is 27.9 Å². The van der Waals surface area contributed by atoms with Gasteiger partial charge in [0, 0.05) is 46.9 Å². The molecule has 5 rings (SSSR count). The molecular weight excluding hydrogens is 557 g/mol. The molecule has 0 saturated heterocycles. The lowest BCUT2D eigenvalue weighted by molar-refractivity contribution is -0.141. The van der Waals surface area contributed by atoms with Crippen LogP contribution >= 0.6 is 11.6 Å². The molecule has 3 aromatic carbocycles. The highest BCUT2D eigenvalue weighted by atomic mass is 35.5. The number of rotatable bonds is 8. The number of alkyl halides is 3. The van der Waals surface area contributed by atoms with E-state index in [0.717, 1.165) is 34.7 Å². The Morgan fingerprint density at radius 3 is 2.54 bits per heavy atom. The van der Waals surface area contributed by atoms with Crippen LogP contribution in [0.15, 0.2) is 91.3 Å². The number of aliphatic carboxylic acids is 1. The van der Waals surface area contributed by atoms with Crippen molar-refractivity contribution in [3.8, 4) is 16.9 Å². The maximum atomic E-state index is 13.6. The Hall–Kier alpha value is -4.83. The van der Waals surface area contributed by atoms with Crippen molar-refractivity contribution in [2.24, 2.45) is 0 Å². The van der Waals surface area contributed by atoms with Crippen molar-refractivity contribution in [3.63, 3.8) is 0 Å². The molecule has 41 heavy (non-hydrogen) atoms. The maximum Gasteiger partial charge on any atom is 0.417 e. The summed E-state index contributed by atoms with van der Waals surface area (Å²) in [6.45, 7) is 0. The number of carboxylic acids is 1. The van der Waals surface area contributed by atoms with Crippen LogP contribution in [0.3, 0.4) is 0 Å². The number of carboxylic acid groups (broad SMARTS) is 1. The van der Waals surface area contributed by atoms with E-state index in [2.05, 4.69) is 15.4 Å². The Bertz CT molecular complexity index is 1760. The van der Waals surface area contributed by atoms with E-state index in [0.29, 0.717) is 11.3 Å². The quantitative estimate of drug-likeness (QED) is 0.183. The summed E-state index contributed by atoms with van der Waals surface area (Å²) in [7, 11) is 0. The van der Waals surface area contributed by atoms with Gasteiger partial charge in [0.1, 0.15) is 6.04 Å². The van der Waals surface area contributed by atoms with Gasteiger partial charge in [-0.05, 0) is 42.0 Å². The minimum atomic E-state index is -4.68. The second-order valence-corrected chi connectivity index (χ2v) is 9.61. The number of fused-ring (bicyclic) bond motifs is 1. The van der Waals surface area contributed by atoms with E-state index in [9.17, 15) is 27.9 Å². The number of halogens is 4. The lowest BCUT2D eigenvalue weighted by atomic mass is 10.0. The normalized spacial score (nSPS) is 12.6. The predicted molar refractivity (Wildman–Crippen MR) is 150 cm³/mol. The van der Waals surface area contributed by atoms with Gasteiger partial charge in [0.05, 0.1) is 22.0 Å². The monoisotopic (exact) mass is 578 g/mol. The van der Waals surface area contributed by atoms with E-state index in [1.807, 2.05) is 30.3 Å². The number of hydrogen-bond acceptors (Lipinski definition) is 3. The SMILES string of the molecule is O=C(C=Cc1cn(-c2ccccc2)nc1-c1ccc(Cl)c(C(F)(F)F)c1)N[C@@H](Cc1c[nH]c2ccccc12)C(=O)O. The van der Waals surface area contributed by atoms with Crippen LogP contribution < -0.4 is 5.32 Å². The zero-order valence-electron chi connectivity index (χ0n) is 21.2. The highest BCUT2D eigenvalue weighted by Gasteiger charge is 2.33. The van der Waals surface area contributed by atoms with Gasteiger partial charge in [0.15, 0.2) is 0 Å². The van der Waals surface area contributed by atoms with E-state index >= 15 is 0 Å². The summed E-state index contributed by atoms with van der Waals surface area (Å²) in [6, 6.07) is 18.5. The van der Waals surface area contributed by atoms with Crippen LogP contribution in [0.25, 0.3) is 33.9 Å². The Morgan fingerprint density at radius 2 is 1.80 bits per heavy atom. The molecule has 208 valence electrons. The topological polar surface area (TPSA) is 100 Å². The molecule has 11 heteroatoms. The fraction of sp³-hybridized carbons (Fsp3) is 0.100. The molecule has 0 aliphatic heterocycles. The number of nitrogens with one attached hydrogen (secondary N) is 2. The highest BCUT2D eigenvalue weighted by molar-refractivity contribution is 6.31. The van der Waals surface area contributed by atoms with Crippen molar-refractivity contribution in [3.05, 3.63) is 113 Å².